The lowest BCUT2D eigenvalue weighted by atomic mass is 10.2. The zero-order valence-electron chi connectivity index (χ0n) is 9.51. The molecule has 5 nitrogen and oxygen atoms in total. The lowest BCUT2D eigenvalue weighted by Crippen LogP contribution is -2.01. The Morgan fingerprint density at radius 3 is 2.53 bits per heavy atom. The highest BCUT2D eigenvalue weighted by molar-refractivity contribution is 9.10. The molecule has 0 saturated heterocycles. The second kappa shape index (κ2) is 5.18. The molecule has 6 heteroatoms. The second-order valence-corrected chi connectivity index (χ2v) is 4.26. The van der Waals surface area contributed by atoms with Crippen molar-refractivity contribution in [2.45, 2.75) is 13.8 Å². The van der Waals surface area contributed by atoms with E-state index in [2.05, 4.69) is 36.3 Å². The second-order valence-electron chi connectivity index (χ2n) is 3.34. The first-order valence-corrected chi connectivity index (χ1v) is 5.96. The van der Waals surface area contributed by atoms with Crippen LogP contribution in [0.15, 0.2) is 22.7 Å². The lowest BCUT2D eigenvalue weighted by molar-refractivity contribution is 0.341. The van der Waals surface area contributed by atoms with Gasteiger partial charge in [0, 0.05) is 4.47 Å². The number of hydrogen-bond donors (Lipinski definition) is 0. The third-order valence-corrected chi connectivity index (χ3v) is 2.56. The van der Waals surface area contributed by atoms with Crippen LogP contribution >= 0.6 is 15.9 Å². The minimum absolute atomic E-state index is 0.464. The molecule has 0 N–H and O–H groups in total. The smallest absolute Gasteiger partial charge is 0.207 e. The van der Waals surface area contributed by atoms with Gasteiger partial charge in [-0.25, -0.2) is 0 Å². The van der Waals surface area contributed by atoms with Crippen molar-refractivity contribution in [3.8, 4) is 17.1 Å². The van der Waals surface area contributed by atoms with Crippen LogP contribution in [0.4, 0.5) is 0 Å². The topological polar surface area (TPSA) is 60.8 Å². The molecule has 2 rings (SSSR count). The fourth-order valence-corrected chi connectivity index (χ4v) is 1.68. The molecule has 1 aromatic heterocycles. The minimum Gasteiger partial charge on any atom is -0.493 e. The zero-order chi connectivity index (χ0) is 12.3. The molecule has 0 fully saturated rings. The molecule has 0 aliphatic carbocycles. The Morgan fingerprint density at radius 2 is 1.88 bits per heavy atom. The molecular weight excluding hydrogens is 284 g/mol. The zero-order valence-corrected chi connectivity index (χ0v) is 11.1. The molecular formula is C11H11BrN4O. The number of halogens is 1. The SMILES string of the molecule is CCOc1cc(Br)ccc1-c1nnc(C)nn1. The van der Waals surface area contributed by atoms with Gasteiger partial charge >= 0.3 is 0 Å². The predicted octanol–water partition coefficient (Wildman–Crippen LogP) is 2.40. The van der Waals surface area contributed by atoms with Crippen LogP contribution in [0.25, 0.3) is 11.4 Å². The average Bonchev–Trinajstić information content (AvgIpc) is 2.31. The highest BCUT2D eigenvalue weighted by Crippen LogP contribution is 2.29. The summed E-state index contributed by atoms with van der Waals surface area (Å²) in [5.41, 5.74) is 0.787. The summed E-state index contributed by atoms with van der Waals surface area (Å²) in [5, 5.41) is 15.8. The maximum Gasteiger partial charge on any atom is 0.207 e. The summed E-state index contributed by atoms with van der Waals surface area (Å²) in [5.74, 6) is 1.73. The molecule has 0 amide bonds. The van der Waals surface area contributed by atoms with Crippen molar-refractivity contribution >= 4 is 15.9 Å². The maximum absolute atomic E-state index is 5.54. The Labute approximate surface area is 107 Å². The van der Waals surface area contributed by atoms with Gasteiger partial charge in [-0.3, -0.25) is 0 Å². The van der Waals surface area contributed by atoms with Gasteiger partial charge in [-0.05, 0) is 32.0 Å². The van der Waals surface area contributed by atoms with Crippen molar-refractivity contribution < 1.29 is 4.74 Å². The first-order chi connectivity index (χ1) is 8.20. The summed E-state index contributed by atoms with van der Waals surface area (Å²) in [6.45, 7) is 4.25. The van der Waals surface area contributed by atoms with Crippen LogP contribution in [0.2, 0.25) is 0 Å². The maximum atomic E-state index is 5.54. The third-order valence-electron chi connectivity index (χ3n) is 2.06. The van der Waals surface area contributed by atoms with Gasteiger partial charge in [0.1, 0.15) is 5.75 Å². The monoisotopic (exact) mass is 294 g/mol. The van der Waals surface area contributed by atoms with E-state index in [0.717, 1.165) is 10.0 Å². The Kier molecular flexibility index (Phi) is 3.63. The molecule has 2 aromatic rings. The van der Waals surface area contributed by atoms with Crippen molar-refractivity contribution in [1.29, 1.82) is 0 Å². The van der Waals surface area contributed by atoms with Crippen LogP contribution in [-0.4, -0.2) is 27.0 Å². The number of benzene rings is 1. The standard InChI is InChI=1S/C11H11BrN4O/c1-3-17-10-6-8(12)4-5-9(10)11-15-13-7(2)14-16-11/h4-6H,3H2,1-2H3. The van der Waals surface area contributed by atoms with Gasteiger partial charge < -0.3 is 4.74 Å². The van der Waals surface area contributed by atoms with Crippen molar-refractivity contribution in [3.63, 3.8) is 0 Å². The van der Waals surface area contributed by atoms with E-state index in [4.69, 9.17) is 4.74 Å². The van der Waals surface area contributed by atoms with Crippen LogP contribution in [0.3, 0.4) is 0 Å². The van der Waals surface area contributed by atoms with E-state index >= 15 is 0 Å². The molecule has 0 spiro atoms. The molecule has 0 saturated carbocycles. The molecule has 1 heterocycles. The average molecular weight is 295 g/mol. The van der Waals surface area contributed by atoms with E-state index in [0.29, 0.717) is 24.0 Å². The van der Waals surface area contributed by atoms with Crippen molar-refractivity contribution in [2.24, 2.45) is 0 Å². The van der Waals surface area contributed by atoms with Gasteiger partial charge in [-0.15, -0.1) is 20.4 Å². The third kappa shape index (κ3) is 2.76. The van der Waals surface area contributed by atoms with Gasteiger partial charge in [-0.1, -0.05) is 15.9 Å². The van der Waals surface area contributed by atoms with Crippen LogP contribution in [-0.2, 0) is 0 Å². The Morgan fingerprint density at radius 1 is 1.18 bits per heavy atom. The van der Waals surface area contributed by atoms with E-state index in [1.54, 1.807) is 6.92 Å². The Bertz CT molecular complexity index is 515. The van der Waals surface area contributed by atoms with E-state index in [9.17, 15) is 0 Å². The fourth-order valence-electron chi connectivity index (χ4n) is 1.34. The predicted molar refractivity (Wildman–Crippen MR) is 66.7 cm³/mol. The van der Waals surface area contributed by atoms with Gasteiger partial charge in [0.05, 0.1) is 12.2 Å². The molecule has 17 heavy (non-hydrogen) atoms. The van der Waals surface area contributed by atoms with E-state index in [1.165, 1.54) is 0 Å². The highest BCUT2D eigenvalue weighted by Gasteiger charge is 2.10. The number of nitrogens with zero attached hydrogens (tertiary/aromatic N) is 4. The summed E-state index contributed by atoms with van der Waals surface area (Å²) in [4.78, 5) is 0. The Balaban J connectivity index is 2.46. The molecule has 0 unspecified atom stereocenters. The highest BCUT2D eigenvalue weighted by atomic mass is 79.9. The number of hydrogen-bond acceptors (Lipinski definition) is 5. The lowest BCUT2D eigenvalue weighted by Gasteiger charge is -2.08. The van der Waals surface area contributed by atoms with Gasteiger partial charge in [-0.2, -0.15) is 0 Å². The van der Waals surface area contributed by atoms with Gasteiger partial charge in [0.2, 0.25) is 5.82 Å². The molecule has 1 aromatic carbocycles. The summed E-state index contributed by atoms with van der Waals surface area (Å²) < 4.78 is 6.48. The first-order valence-electron chi connectivity index (χ1n) is 5.17. The van der Waals surface area contributed by atoms with E-state index < -0.39 is 0 Å². The van der Waals surface area contributed by atoms with Gasteiger partial charge in [0.15, 0.2) is 5.82 Å². The quantitative estimate of drug-likeness (QED) is 0.870. The largest absolute Gasteiger partial charge is 0.493 e. The normalized spacial score (nSPS) is 10.3. The molecule has 0 aliphatic heterocycles. The summed E-state index contributed by atoms with van der Waals surface area (Å²) in [6, 6.07) is 5.66. The van der Waals surface area contributed by atoms with Crippen LogP contribution in [0.5, 0.6) is 5.75 Å². The Hall–Kier alpha value is -1.56. The van der Waals surface area contributed by atoms with Crippen LogP contribution in [0, 0.1) is 6.92 Å². The van der Waals surface area contributed by atoms with Crippen LogP contribution in [0.1, 0.15) is 12.7 Å². The molecule has 0 atom stereocenters. The van der Waals surface area contributed by atoms with E-state index in [1.807, 2.05) is 25.1 Å². The summed E-state index contributed by atoms with van der Waals surface area (Å²) >= 11 is 3.40. The van der Waals surface area contributed by atoms with Crippen molar-refractivity contribution in [2.75, 3.05) is 6.61 Å². The van der Waals surface area contributed by atoms with Crippen molar-refractivity contribution in [3.05, 3.63) is 28.5 Å². The number of aromatic nitrogens is 4. The van der Waals surface area contributed by atoms with Crippen LogP contribution < -0.4 is 4.74 Å². The molecule has 0 aliphatic rings. The molecule has 88 valence electrons. The number of rotatable bonds is 3. The fraction of sp³-hybridized carbons (Fsp3) is 0.273. The first kappa shape index (κ1) is 11.9. The van der Waals surface area contributed by atoms with E-state index in [-0.39, 0.29) is 0 Å². The summed E-state index contributed by atoms with van der Waals surface area (Å²) in [7, 11) is 0. The molecule has 0 bridgehead atoms. The van der Waals surface area contributed by atoms with Crippen molar-refractivity contribution in [1.82, 2.24) is 20.4 Å². The number of ether oxygens (including phenoxy) is 1. The number of aryl methyl sites for hydroxylation is 1. The minimum atomic E-state index is 0.464. The molecule has 0 radical (unpaired) electrons. The van der Waals surface area contributed by atoms with Gasteiger partial charge in [0.25, 0.3) is 0 Å². The summed E-state index contributed by atoms with van der Waals surface area (Å²) in [6.07, 6.45) is 0.